The van der Waals surface area contributed by atoms with Crippen molar-refractivity contribution in [2.24, 2.45) is 0 Å². The Kier molecular flexibility index (Phi) is 7.13. The quantitative estimate of drug-likeness (QED) is 0.401. The van der Waals surface area contributed by atoms with E-state index in [-0.39, 0.29) is 16.9 Å². The number of amides is 1. The first-order chi connectivity index (χ1) is 10.1. The average molecular weight is 297 g/mol. The van der Waals surface area contributed by atoms with E-state index in [0.717, 1.165) is 0 Å². The summed E-state index contributed by atoms with van der Waals surface area (Å²) in [5.41, 5.74) is 0.283. The van der Waals surface area contributed by atoms with Crippen LogP contribution in [0, 0.1) is 10.1 Å². The second kappa shape index (κ2) is 8.88. The molecular weight excluding hydrogens is 278 g/mol. The first-order valence-corrected chi connectivity index (χ1v) is 6.41. The summed E-state index contributed by atoms with van der Waals surface area (Å²) in [7, 11) is 3.11. The summed E-state index contributed by atoms with van der Waals surface area (Å²) in [6, 6.07) is 4.35. The number of methoxy groups -OCH3 is 1. The van der Waals surface area contributed by atoms with Gasteiger partial charge in [-0.15, -0.1) is 0 Å². The molecule has 0 radical (unpaired) electrons. The van der Waals surface area contributed by atoms with Crippen LogP contribution in [-0.4, -0.2) is 51.4 Å². The lowest BCUT2D eigenvalue weighted by atomic mass is 10.1. The van der Waals surface area contributed by atoms with Crippen LogP contribution < -0.4 is 10.6 Å². The number of rotatable bonds is 9. The second-order valence-corrected chi connectivity index (χ2v) is 4.07. The van der Waals surface area contributed by atoms with E-state index < -0.39 is 10.8 Å². The van der Waals surface area contributed by atoms with Crippen molar-refractivity contribution in [3.63, 3.8) is 0 Å². The maximum atomic E-state index is 12.0. The third-order valence-corrected chi connectivity index (χ3v) is 2.70. The molecule has 0 spiro atoms. The normalized spacial score (nSPS) is 10.2. The molecule has 0 atom stereocenters. The van der Waals surface area contributed by atoms with E-state index in [0.29, 0.717) is 26.4 Å². The highest BCUT2D eigenvalue weighted by Crippen LogP contribution is 2.27. The third kappa shape index (κ3) is 5.01. The van der Waals surface area contributed by atoms with Gasteiger partial charge in [0, 0.05) is 26.8 Å². The summed E-state index contributed by atoms with van der Waals surface area (Å²) in [6.45, 7) is 1.60. The molecule has 0 saturated carbocycles. The van der Waals surface area contributed by atoms with Gasteiger partial charge in [0.1, 0.15) is 5.69 Å². The zero-order valence-electron chi connectivity index (χ0n) is 12.0. The summed E-state index contributed by atoms with van der Waals surface area (Å²) < 4.78 is 10.0. The number of nitro groups is 1. The topological polar surface area (TPSA) is 103 Å². The number of nitrogens with one attached hydrogen (secondary N) is 2. The Labute approximate surface area is 122 Å². The molecule has 0 aromatic heterocycles. The molecule has 0 aliphatic carbocycles. The van der Waals surface area contributed by atoms with Gasteiger partial charge in [-0.1, -0.05) is 6.07 Å². The van der Waals surface area contributed by atoms with E-state index in [1.54, 1.807) is 7.11 Å². The standard InChI is InChI=1S/C13H19N3O5/c1-14-12-10(4-3-5-11(12)16(18)19)13(17)15-6-7-21-9-8-20-2/h3-5,14H,6-9H2,1-2H3,(H,15,17). The van der Waals surface area contributed by atoms with Gasteiger partial charge in [-0.25, -0.2) is 0 Å². The van der Waals surface area contributed by atoms with Gasteiger partial charge in [0.25, 0.3) is 11.6 Å². The molecule has 21 heavy (non-hydrogen) atoms. The molecule has 0 saturated heterocycles. The molecule has 8 heteroatoms. The van der Waals surface area contributed by atoms with Crippen molar-refractivity contribution in [3.8, 4) is 0 Å². The molecule has 0 aliphatic heterocycles. The number of carbonyl (C=O) groups is 1. The maximum Gasteiger partial charge on any atom is 0.293 e. The van der Waals surface area contributed by atoms with E-state index in [1.165, 1.54) is 25.2 Å². The summed E-state index contributed by atoms with van der Waals surface area (Å²) >= 11 is 0. The van der Waals surface area contributed by atoms with Crippen molar-refractivity contribution in [1.82, 2.24) is 5.32 Å². The third-order valence-electron chi connectivity index (χ3n) is 2.70. The van der Waals surface area contributed by atoms with Gasteiger partial charge in [0.15, 0.2) is 0 Å². The highest BCUT2D eigenvalue weighted by atomic mass is 16.6. The van der Waals surface area contributed by atoms with Crippen molar-refractivity contribution >= 4 is 17.3 Å². The van der Waals surface area contributed by atoms with Crippen molar-refractivity contribution in [2.75, 3.05) is 45.8 Å². The number of ether oxygens (including phenoxy) is 2. The van der Waals surface area contributed by atoms with Crippen LogP contribution in [0.4, 0.5) is 11.4 Å². The fourth-order valence-electron chi connectivity index (χ4n) is 1.72. The zero-order chi connectivity index (χ0) is 15.7. The SMILES string of the molecule is CNc1c(C(=O)NCCOCCOC)cccc1[N+](=O)[O-]. The molecule has 0 heterocycles. The lowest BCUT2D eigenvalue weighted by molar-refractivity contribution is -0.384. The van der Waals surface area contributed by atoms with E-state index in [2.05, 4.69) is 10.6 Å². The minimum absolute atomic E-state index is 0.138. The zero-order valence-corrected chi connectivity index (χ0v) is 12.0. The largest absolute Gasteiger partial charge is 0.382 e. The summed E-state index contributed by atoms with van der Waals surface area (Å²) in [6.07, 6.45) is 0. The minimum atomic E-state index is -0.531. The van der Waals surface area contributed by atoms with Gasteiger partial charge in [-0.3, -0.25) is 14.9 Å². The van der Waals surface area contributed by atoms with Gasteiger partial charge >= 0.3 is 0 Å². The fourth-order valence-corrected chi connectivity index (χ4v) is 1.72. The van der Waals surface area contributed by atoms with Gasteiger partial charge < -0.3 is 20.1 Å². The molecule has 8 nitrogen and oxygen atoms in total. The van der Waals surface area contributed by atoms with E-state index >= 15 is 0 Å². The molecule has 0 unspecified atom stereocenters. The smallest absolute Gasteiger partial charge is 0.293 e. The van der Waals surface area contributed by atoms with Gasteiger partial charge in [0.2, 0.25) is 0 Å². The van der Waals surface area contributed by atoms with Crippen LogP contribution in [0.3, 0.4) is 0 Å². The van der Waals surface area contributed by atoms with Crippen LogP contribution in [0.15, 0.2) is 18.2 Å². The molecule has 1 aromatic carbocycles. The van der Waals surface area contributed by atoms with Crippen LogP contribution in [-0.2, 0) is 9.47 Å². The Balaban J connectivity index is 2.62. The lowest BCUT2D eigenvalue weighted by Crippen LogP contribution is -2.28. The van der Waals surface area contributed by atoms with Crippen molar-refractivity contribution < 1.29 is 19.2 Å². The number of para-hydroxylation sites is 1. The second-order valence-electron chi connectivity index (χ2n) is 4.07. The Morgan fingerprint density at radius 3 is 2.71 bits per heavy atom. The molecule has 1 rings (SSSR count). The van der Waals surface area contributed by atoms with E-state index in [1.807, 2.05) is 0 Å². The first kappa shape index (κ1) is 16.9. The summed E-state index contributed by atoms with van der Waals surface area (Å²) in [5.74, 6) is -0.390. The number of nitrogens with zero attached hydrogens (tertiary/aromatic N) is 1. The number of nitro benzene ring substituents is 1. The Morgan fingerprint density at radius 1 is 1.33 bits per heavy atom. The molecule has 1 aromatic rings. The monoisotopic (exact) mass is 297 g/mol. The van der Waals surface area contributed by atoms with Crippen molar-refractivity contribution in [2.45, 2.75) is 0 Å². The molecule has 0 aliphatic rings. The average Bonchev–Trinajstić information content (AvgIpc) is 2.49. The van der Waals surface area contributed by atoms with Crippen LogP contribution in [0.5, 0.6) is 0 Å². The highest BCUT2D eigenvalue weighted by molar-refractivity contribution is 6.01. The predicted molar refractivity (Wildman–Crippen MR) is 77.7 cm³/mol. The Bertz CT molecular complexity index is 493. The highest BCUT2D eigenvalue weighted by Gasteiger charge is 2.20. The van der Waals surface area contributed by atoms with Crippen molar-refractivity contribution in [3.05, 3.63) is 33.9 Å². The molecule has 0 bridgehead atoms. The van der Waals surface area contributed by atoms with Gasteiger partial charge in [-0.2, -0.15) is 0 Å². The molecule has 0 fully saturated rings. The van der Waals surface area contributed by atoms with Crippen LogP contribution in [0.25, 0.3) is 0 Å². The first-order valence-electron chi connectivity index (χ1n) is 6.41. The number of anilines is 1. The summed E-state index contributed by atoms with van der Waals surface area (Å²) in [5, 5.41) is 16.3. The lowest BCUT2D eigenvalue weighted by Gasteiger charge is -2.10. The fraction of sp³-hybridized carbons (Fsp3) is 0.462. The maximum absolute atomic E-state index is 12.0. The minimum Gasteiger partial charge on any atom is -0.382 e. The molecule has 116 valence electrons. The molecule has 2 N–H and O–H groups in total. The van der Waals surface area contributed by atoms with Gasteiger partial charge in [-0.05, 0) is 6.07 Å². The van der Waals surface area contributed by atoms with E-state index in [9.17, 15) is 14.9 Å². The van der Waals surface area contributed by atoms with Crippen molar-refractivity contribution in [1.29, 1.82) is 0 Å². The molecule has 1 amide bonds. The van der Waals surface area contributed by atoms with Crippen LogP contribution in [0.1, 0.15) is 10.4 Å². The number of carbonyl (C=O) groups excluding carboxylic acids is 1. The molecular formula is C13H19N3O5. The van der Waals surface area contributed by atoms with Crippen LogP contribution in [0.2, 0.25) is 0 Å². The van der Waals surface area contributed by atoms with Crippen LogP contribution >= 0.6 is 0 Å². The number of hydrogen-bond donors (Lipinski definition) is 2. The van der Waals surface area contributed by atoms with E-state index in [4.69, 9.17) is 9.47 Å². The number of hydrogen-bond acceptors (Lipinski definition) is 6. The Hall–Kier alpha value is -2.19. The predicted octanol–water partition coefficient (Wildman–Crippen LogP) is 1.03. The van der Waals surface area contributed by atoms with Gasteiger partial charge in [0.05, 0.1) is 30.3 Å². The Morgan fingerprint density at radius 2 is 2.10 bits per heavy atom. The number of benzene rings is 1. The summed E-state index contributed by atoms with van der Waals surface area (Å²) in [4.78, 5) is 22.4.